The molecule has 0 aliphatic heterocycles. The van der Waals surface area contributed by atoms with Gasteiger partial charge in [0.15, 0.2) is 0 Å². The van der Waals surface area contributed by atoms with E-state index in [-0.39, 0.29) is 10.8 Å². The van der Waals surface area contributed by atoms with E-state index < -0.39 is 0 Å². The van der Waals surface area contributed by atoms with Crippen LogP contribution in [0.15, 0.2) is 24.3 Å². The molecule has 2 rings (SSSR count). The van der Waals surface area contributed by atoms with Crippen LogP contribution in [0.3, 0.4) is 0 Å². The van der Waals surface area contributed by atoms with Gasteiger partial charge in [0.05, 0.1) is 5.38 Å². The van der Waals surface area contributed by atoms with Crippen molar-refractivity contribution in [1.82, 2.24) is 0 Å². The summed E-state index contributed by atoms with van der Waals surface area (Å²) < 4.78 is 0. The van der Waals surface area contributed by atoms with Crippen LogP contribution in [0.2, 0.25) is 0 Å². The minimum absolute atomic E-state index is 0.208. The van der Waals surface area contributed by atoms with Crippen LogP contribution >= 0.6 is 11.6 Å². The zero-order valence-corrected chi connectivity index (χ0v) is 12.6. The number of halogens is 1. The summed E-state index contributed by atoms with van der Waals surface area (Å²) in [7, 11) is 0. The van der Waals surface area contributed by atoms with E-state index in [1.807, 2.05) is 0 Å². The summed E-state index contributed by atoms with van der Waals surface area (Å²) in [6.07, 6.45) is 6.70. The zero-order chi connectivity index (χ0) is 13.2. The molecule has 1 aliphatic rings. The summed E-state index contributed by atoms with van der Waals surface area (Å²) in [5.74, 6) is 0.681. The van der Waals surface area contributed by atoms with E-state index in [2.05, 4.69) is 45.0 Å². The molecule has 1 fully saturated rings. The first kappa shape index (κ1) is 13.9. The second-order valence-corrected chi connectivity index (χ2v) is 7.14. The van der Waals surface area contributed by atoms with Crippen LogP contribution in [0.5, 0.6) is 0 Å². The van der Waals surface area contributed by atoms with Crippen LogP contribution < -0.4 is 0 Å². The minimum Gasteiger partial charge on any atom is -0.118 e. The Kier molecular flexibility index (Phi) is 4.37. The lowest BCUT2D eigenvalue weighted by Crippen LogP contribution is -2.13. The third-order valence-corrected chi connectivity index (χ3v) is 4.77. The molecule has 1 saturated carbocycles. The van der Waals surface area contributed by atoms with Gasteiger partial charge in [0.25, 0.3) is 0 Å². The molecule has 1 heteroatoms. The third-order valence-electron chi connectivity index (χ3n) is 4.16. The highest BCUT2D eigenvalue weighted by Crippen LogP contribution is 2.39. The van der Waals surface area contributed by atoms with E-state index in [0.717, 1.165) is 0 Å². The molecule has 1 aromatic rings. The second kappa shape index (κ2) is 5.65. The Hall–Kier alpha value is -0.490. The SMILES string of the molecule is CC(C)(C)c1ccc(C(Cl)C2CCCCC2)cc1. The molecule has 1 aromatic carbocycles. The summed E-state index contributed by atoms with van der Waals surface area (Å²) in [6, 6.07) is 8.95. The van der Waals surface area contributed by atoms with Crippen molar-refractivity contribution in [1.29, 1.82) is 0 Å². The molecule has 0 radical (unpaired) electrons. The van der Waals surface area contributed by atoms with Gasteiger partial charge in [-0.15, -0.1) is 11.6 Å². The van der Waals surface area contributed by atoms with Crippen LogP contribution in [0, 0.1) is 5.92 Å². The lowest BCUT2D eigenvalue weighted by Gasteiger charge is -2.27. The van der Waals surface area contributed by atoms with Gasteiger partial charge in [-0.2, -0.15) is 0 Å². The fraction of sp³-hybridized carbons (Fsp3) is 0.647. The molecule has 18 heavy (non-hydrogen) atoms. The monoisotopic (exact) mass is 264 g/mol. The lowest BCUT2D eigenvalue weighted by atomic mass is 9.83. The largest absolute Gasteiger partial charge is 0.118 e. The highest BCUT2D eigenvalue weighted by molar-refractivity contribution is 6.21. The number of hydrogen-bond acceptors (Lipinski definition) is 0. The summed E-state index contributed by atoms with van der Waals surface area (Å²) >= 11 is 6.65. The Morgan fingerprint density at radius 2 is 1.56 bits per heavy atom. The maximum absolute atomic E-state index is 6.65. The molecule has 0 bridgehead atoms. The molecule has 0 amide bonds. The Morgan fingerprint density at radius 3 is 2.06 bits per heavy atom. The predicted octanol–water partition coefficient (Wildman–Crippen LogP) is 5.84. The van der Waals surface area contributed by atoms with E-state index in [0.29, 0.717) is 5.92 Å². The average molecular weight is 265 g/mol. The van der Waals surface area contributed by atoms with Gasteiger partial charge in [-0.25, -0.2) is 0 Å². The van der Waals surface area contributed by atoms with E-state index in [1.54, 1.807) is 0 Å². The fourth-order valence-electron chi connectivity index (χ4n) is 2.87. The molecule has 100 valence electrons. The van der Waals surface area contributed by atoms with Crippen LogP contribution in [-0.4, -0.2) is 0 Å². The van der Waals surface area contributed by atoms with E-state index in [4.69, 9.17) is 11.6 Å². The Balaban J connectivity index is 2.09. The summed E-state index contributed by atoms with van der Waals surface area (Å²) in [5, 5.41) is 0.208. The van der Waals surface area contributed by atoms with Crippen molar-refractivity contribution in [2.45, 2.75) is 63.7 Å². The third kappa shape index (κ3) is 3.29. The van der Waals surface area contributed by atoms with Gasteiger partial charge < -0.3 is 0 Å². The average Bonchev–Trinajstić information content (AvgIpc) is 2.38. The lowest BCUT2D eigenvalue weighted by molar-refractivity contribution is 0.348. The fourth-order valence-corrected chi connectivity index (χ4v) is 3.26. The molecule has 0 nitrogen and oxygen atoms in total. The molecule has 0 spiro atoms. The van der Waals surface area contributed by atoms with Crippen LogP contribution in [-0.2, 0) is 5.41 Å². The summed E-state index contributed by atoms with van der Waals surface area (Å²) in [4.78, 5) is 0. The summed E-state index contributed by atoms with van der Waals surface area (Å²) in [5.41, 5.74) is 2.92. The Morgan fingerprint density at radius 1 is 1.00 bits per heavy atom. The van der Waals surface area contributed by atoms with E-state index in [1.165, 1.54) is 43.2 Å². The number of alkyl halides is 1. The van der Waals surface area contributed by atoms with Crippen LogP contribution in [0.4, 0.5) is 0 Å². The predicted molar refractivity (Wildman–Crippen MR) is 80.3 cm³/mol. The normalized spacial score (nSPS) is 19.8. The molecular weight excluding hydrogens is 240 g/mol. The van der Waals surface area contributed by atoms with Crippen molar-refractivity contribution >= 4 is 11.6 Å². The first-order valence-corrected chi connectivity index (χ1v) is 7.66. The van der Waals surface area contributed by atoms with Crippen LogP contribution in [0.1, 0.15) is 69.4 Å². The number of hydrogen-bond donors (Lipinski definition) is 0. The highest BCUT2D eigenvalue weighted by atomic mass is 35.5. The Labute approximate surface area is 117 Å². The van der Waals surface area contributed by atoms with E-state index >= 15 is 0 Å². The first-order chi connectivity index (χ1) is 8.48. The quantitative estimate of drug-likeness (QED) is 0.588. The zero-order valence-electron chi connectivity index (χ0n) is 11.9. The first-order valence-electron chi connectivity index (χ1n) is 7.23. The van der Waals surface area contributed by atoms with Gasteiger partial charge in [-0.05, 0) is 35.3 Å². The molecule has 0 aromatic heterocycles. The molecule has 0 saturated heterocycles. The molecule has 0 heterocycles. The number of rotatable bonds is 2. The van der Waals surface area contributed by atoms with Crippen LogP contribution in [0.25, 0.3) is 0 Å². The van der Waals surface area contributed by atoms with Gasteiger partial charge in [-0.1, -0.05) is 64.3 Å². The van der Waals surface area contributed by atoms with Crippen molar-refractivity contribution in [2.24, 2.45) is 5.92 Å². The Bertz CT molecular complexity index is 366. The standard InChI is InChI=1S/C17H25Cl/c1-17(2,3)15-11-9-14(10-12-15)16(18)13-7-5-4-6-8-13/h9-13,16H,4-8H2,1-3H3. The molecule has 1 aliphatic carbocycles. The maximum Gasteiger partial charge on any atom is 0.0613 e. The summed E-state index contributed by atoms with van der Waals surface area (Å²) in [6.45, 7) is 6.75. The molecule has 0 N–H and O–H groups in total. The number of benzene rings is 1. The molecule has 1 unspecified atom stereocenters. The topological polar surface area (TPSA) is 0 Å². The van der Waals surface area contributed by atoms with Gasteiger partial charge in [0.2, 0.25) is 0 Å². The minimum atomic E-state index is 0.208. The van der Waals surface area contributed by atoms with Crippen molar-refractivity contribution in [3.05, 3.63) is 35.4 Å². The highest BCUT2D eigenvalue weighted by Gasteiger charge is 2.23. The van der Waals surface area contributed by atoms with Crippen molar-refractivity contribution in [2.75, 3.05) is 0 Å². The molecular formula is C17H25Cl. The van der Waals surface area contributed by atoms with Crippen molar-refractivity contribution in [3.8, 4) is 0 Å². The van der Waals surface area contributed by atoms with Gasteiger partial charge >= 0.3 is 0 Å². The second-order valence-electron chi connectivity index (χ2n) is 6.67. The maximum atomic E-state index is 6.65. The van der Waals surface area contributed by atoms with Crippen molar-refractivity contribution < 1.29 is 0 Å². The molecule has 1 atom stereocenters. The smallest absolute Gasteiger partial charge is 0.0613 e. The van der Waals surface area contributed by atoms with Gasteiger partial charge in [-0.3, -0.25) is 0 Å². The van der Waals surface area contributed by atoms with E-state index in [9.17, 15) is 0 Å². The van der Waals surface area contributed by atoms with Gasteiger partial charge in [0, 0.05) is 0 Å². The van der Waals surface area contributed by atoms with Crippen molar-refractivity contribution in [3.63, 3.8) is 0 Å². The van der Waals surface area contributed by atoms with Gasteiger partial charge in [0.1, 0.15) is 0 Å².